The number of fused-ring (bicyclic) bond motifs is 1. The molecule has 164 valence electrons. The van der Waals surface area contributed by atoms with Crippen LogP contribution in [0.15, 0.2) is 58.4 Å². The first kappa shape index (κ1) is 22.2. The highest BCUT2D eigenvalue weighted by atomic mass is 32.2. The van der Waals surface area contributed by atoms with E-state index in [1.54, 1.807) is 44.4 Å². The summed E-state index contributed by atoms with van der Waals surface area (Å²) in [5, 5.41) is 11.0. The van der Waals surface area contributed by atoms with Crippen molar-refractivity contribution in [2.75, 3.05) is 7.11 Å². The monoisotopic (exact) mass is 456 g/mol. The van der Waals surface area contributed by atoms with Gasteiger partial charge in [-0.3, -0.25) is 9.59 Å². The molecule has 0 saturated heterocycles. The number of aromatic nitrogens is 3. The number of aryl methyl sites for hydroxylation is 1. The highest BCUT2D eigenvalue weighted by Crippen LogP contribution is 2.36. The number of Topliss-reactive ketones (excluding diaryl/α,β-unsaturated/α-hetero) is 1. The Kier molecular flexibility index (Phi) is 6.24. The molecule has 0 saturated carbocycles. The molecule has 2 heterocycles. The van der Waals surface area contributed by atoms with Gasteiger partial charge in [-0.15, -0.1) is 0 Å². The van der Waals surface area contributed by atoms with Crippen molar-refractivity contribution in [3.63, 3.8) is 0 Å². The van der Waals surface area contributed by atoms with Crippen molar-refractivity contribution >= 4 is 28.4 Å². The van der Waals surface area contributed by atoms with Crippen LogP contribution in [-0.4, -0.2) is 27.8 Å². The standard InChI is InChI=1S/C25H20N4O3S/c1-14-22(15(2)30)23(16-8-10-17(32-3)11-9-16)19(12-26)25(27-14)33-13-21-28-20-7-5-4-6-18(20)24(31)29-21/h4-11H,13H2,1-3H3,(H,28,29,31). The number of nitriles is 1. The Morgan fingerprint density at radius 3 is 2.55 bits per heavy atom. The minimum atomic E-state index is -0.216. The van der Waals surface area contributed by atoms with Gasteiger partial charge < -0.3 is 9.72 Å². The molecule has 0 atom stereocenters. The number of nitrogens with one attached hydrogen (secondary N) is 1. The van der Waals surface area contributed by atoms with E-state index in [1.807, 2.05) is 18.2 Å². The van der Waals surface area contributed by atoms with Crippen LogP contribution >= 0.6 is 11.8 Å². The maximum Gasteiger partial charge on any atom is 0.258 e. The maximum atomic E-state index is 12.5. The van der Waals surface area contributed by atoms with E-state index in [0.717, 1.165) is 5.56 Å². The lowest BCUT2D eigenvalue weighted by Crippen LogP contribution is -2.11. The third kappa shape index (κ3) is 4.36. The Morgan fingerprint density at radius 2 is 1.88 bits per heavy atom. The lowest BCUT2D eigenvalue weighted by atomic mass is 9.93. The van der Waals surface area contributed by atoms with Gasteiger partial charge in [-0.25, -0.2) is 9.97 Å². The van der Waals surface area contributed by atoms with E-state index in [4.69, 9.17) is 4.74 Å². The molecule has 0 fully saturated rings. The summed E-state index contributed by atoms with van der Waals surface area (Å²) in [5.41, 5.74) is 2.92. The average molecular weight is 457 g/mol. The summed E-state index contributed by atoms with van der Waals surface area (Å²) >= 11 is 1.29. The molecule has 0 aliphatic rings. The first-order chi connectivity index (χ1) is 15.9. The van der Waals surface area contributed by atoms with E-state index < -0.39 is 0 Å². The van der Waals surface area contributed by atoms with Crippen molar-refractivity contribution in [3.05, 3.63) is 81.5 Å². The number of nitrogens with zero attached hydrogens (tertiary/aromatic N) is 3. The Hall–Kier alpha value is -3.96. The van der Waals surface area contributed by atoms with Gasteiger partial charge >= 0.3 is 0 Å². The summed E-state index contributed by atoms with van der Waals surface area (Å²) in [5.74, 6) is 1.30. The SMILES string of the molecule is COc1ccc(-c2c(C#N)c(SCc3nc4ccccc4c(=O)[nH]3)nc(C)c2C(C)=O)cc1. The lowest BCUT2D eigenvalue weighted by Gasteiger charge is -2.16. The number of carbonyl (C=O) groups is 1. The maximum absolute atomic E-state index is 12.5. The predicted molar refractivity (Wildman–Crippen MR) is 128 cm³/mol. The smallest absolute Gasteiger partial charge is 0.258 e. The van der Waals surface area contributed by atoms with E-state index in [2.05, 4.69) is 21.0 Å². The van der Waals surface area contributed by atoms with Crippen molar-refractivity contribution in [2.24, 2.45) is 0 Å². The molecule has 2 aromatic heterocycles. The largest absolute Gasteiger partial charge is 0.497 e. The van der Waals surface area contributed by atoms with Crippen molar-refractivity contribution in [1.82, 2.24) is 15.0 Å². The first-order valence-electron chi connectivity index (χ1n) is 10.1. The summed E-state index contributed by atoms with van der Waals surface area (Å²) in [7, 11) is 1.58. The summed E-state index contributed by atoms with van der Waals surface area (Å²) in [6, 6.07) is 16.6. The van der Waals surface area contributed by atoms with Crippen LogP contribution < -0.4 is 10.3 Å². The number of methoxy groups -OCH3 is 1. The second-order valence-corrected chi connectivity index (χ2v) is 8.31. The number of thioether (sulfide) groups is 1. The minimum absolute atomic E-state index is 0.167. The van der Waals surface area contributed by atoms with Gasteiger partial charge in [0.15, 0.2) is 5.78 Å². The molecular formula is C25H20N4O3S. The number of H-pyrrole nitrogens is 1. The van der Waals surface area contributed by atoms with Crippen molar-refractivity contribution in [1.29, 1.82) is 5.26 Å². The third-order valence-electron chi connectivity index (χ3n) is 5.19. The van der Waals surface area contributed by atoms with Crippen LogP contribution in [0.4, 0.5) is 0 Å². The Morgan fingerprint density at radius 1 is 1.15 bits per heavy atom. The van der Waals surface area contributed by atoms with Crippen LogP contribution in [0.3, 0.4) is 0 Å². The third-order valence-corrected chi connectivity index (χ3v) is 6.18. The molecule has 8 heteroatoms. The molecule has 0 aliphatic carbocycles. The number of ketones is 1. The van der Waals surface area contributed by atoms with Crippen LogP contribution in [0.5, 0.6) is 5.75 Å². The van der Waals surface area contributed by atoms with Gasteiger partial charge in [-0.1, -0.05) is 36.0 Å². The molecule has 0 unspecified atom stereocenters. The van der Waals surface area contributed by atoms with E-state index >= 15 is 0 Å². The highest BCUT2D eigenvalue weighted by Gasteiger charge is 2.22. The zero-order valence-corrected chi connectivity index (χ0v) is 19.1. The number of ether oxygens (including phenoxy) is 1. The Labute approximate surface area is 194 Å². The normalized spacial score (nSPS) is 10.7. The summed E-state index contributed by atoms with van der Waals surface area (Å²) < 4.78 is 5.23. The van der Waals surface area contributed by atoms with Gasteiger partial charge in [-0.05, 0) is 43.7 Å². The summed E-state index contributed by atoms with van der Waals surface area (Å²) in [6.07, 6.45) is 0. The Balaban J connectivity index is 1.79. The molecule has 4 aromatic rings. The van der Waals surface area contributed by atoms with Crippen LogP contribution in [0, 0.1) is 18.3 Å². The van der Waals surface area contributed by atoms with Crippen LogP contribution in [0.1, 0.15) is 34.4 Å². The number of aromatic amines is 1. The molecule has 0 amide bonds. The average Bonchev–Trinajstić information content (AvgIpc) is 2.82. The van der Waals surface area contributed by atoms with E-state index in [9.17, 15) is 14.9 Å². The molecule has 4 rings (SSSR count). The van der Waals surface area contributed by atoms with E-state index in [1.165, 1.54) is 18.7 Å². The Bertz CT molecular complexity index is 1470. The molecule has 2 aromatic carbocycles. The predicted octanol–water partition coefficient (Wildman–Crippen LogP) is 4.67. The first-order valence-corrected chi connectivity index (χ1v) is 11.1. The number of hydrogen-bond acceptors (Lipinski definition) is 7. The minimum Gasteiger partial charge on any atom is -0.497 e. The number of hydrogen-bond donors (Lipinski definition) is 1. The van der Waals surface area contributed by atoms with Crippen LogP contribution in [-0.2, 0) is 5.75 Å². The second kappa shape index (κ2) is 9.27. The van der Waals surface area contributed by atoms with Gasteiger partial charge in [0, 0.05) is 11.1 Å². The van der Waals surface area contributed by atoms with Gasteiger partial charge in [0.2, 0.25) is 0 Å². The van der Waals surface area contributed by atoms with Gasteiger partial charge in [0.1, 0.15) is 22.7 Å². The molecule has 1 N–H and O–H groups in total. The molecular weight excluding hydrogens is 436 g/mol. The topological polar surface area (TPSA) is 109 Å². The fraction of sp³-hybridized carbons (Fsp3) is 0.160. The van der Waals surface area contributed by atoms with Gasteiger partial charge in [0.25, 0.3) is 5.56 Å². The number of benzene rings is 2. The second-order valence-electron chi connectivity index (χ2n) is 7.34. The van der Waals surface area contributed by atoms with E-state index in [0.29, 0.717) is 55.6 Å². The lowest BCUT2D eigenvalue weighted by molar-refractivity contribution is 0.101. The molecule has 7 nitrogen and oxygen atoms in total. The van der Waals surface area contributed by atoms with Crippen LogP contribution in [0.2, 0.25) is 0 Å². The van der Waals surface area contributed by atoms with Crippen molar-refractivity contribution in [2.45, 2.75) is 24.6 Å². The summed E-state index contributed by atoms with van der Waals surface area (Å²) in [6.45, 7) is 3.22. The van der Waals surface area contributed by atoms with Gasteiger partial charge in [-0.2, -0.15) is 5.26 Å². The zero-order valence-electron chi connectivity index (χ0n) is 18.3. The number of carbonyl (C=O) groups excluding carboxylic acids is 1. The number of rotatable bonds is 6. The highest BCUT2D eigenvalue weighted by molar-refractivity contribution is 7.98. The molecule has 0 bridgehead atoms. The summed E-state index contributed by atoms with van der Waals surface area (Å²) in [4.78, 5) is 36.7. The van der Waals surface area contributed by atoms with Crippen LogP contribution in [0.25, 0.3) is 22.0 Å². The van der Waals surface area contributed by atoms with E-state index in [-0.39, 0.29) is 11.3 Å². The quantitative estimate of drug-likeness (QED) is 0.332. The number of pyridine rings is 1. The molecule has 33 heavy (non-hydrogen) atoms. The number of para-hydroxylation sites is 1. The van der Waals surface area contributed by atoms with Crippen molar-refractivity contribution < 1.29 is 9.53 Å². The fourth-order valence-electron chi connectivity index (χ4n) is 3.70. The van der Waals surface area contributed by atoms with Gasteiger partial charge in [0.05, 0.1) is 35.0 Å². The van der Waals surface area contributed by atoms with Crippen molar-refractivity contribution in [3.8, 4) is 22.9 Å². The molecule has 0 aliphatic heterocycles. The fourth-order valence-corrected chi connectivity index (χ4v) is 4.61. The molecule has 0 radical (unpaired) electrons. The molecule has 0 spiro atoms. The zero-order chi connectivity index (χ0) is 23.5.